The first-order valence-corrected chi connectivity index (χ1v) is 7.20. The molecule has 0 bridgehead atoms. The minimum Gasteiger partial charge on any atom is -0.444 e. The first kappa shape index (κ1) is 15.3. The van der Waals surface area contributed by atoms with E-state index in [0.29, 0.717) is 12.8 Å². The maximum atomic E-state index is 11.4. The molecule has 0 radical (unpaired) electrons. The van der Waals surface area contributed by atoms with Crippen LogP contribution in [-0.2, 0) is 19.5 Å². The smallest absolute Gasteiger partial charge is 0.410 e. The Morgan fingerprint density at radius 3 is 2.79 bits per heavy atom. The molecule has 19 heavy (non-hydrogen) atoms. The molecule has 0 fully saturated rings. The maximum Gasteiger partial charge on any atom is 0.410 e. The van der Waals surface area contributed by atoms with E-state index in [4.69, 9.17) is 11.2 Å². The minimum absolute atomic E-state index is 0.277. The van der Waals surface area contributed by atoms with Crippen molar-refractivity contribution < 1.29 is 13.7 Å². The molecule has 1 aromatic rings. The SMILES string of the molecule is C#CCCC[S-](=O)=NC(=O)O[C@@H](C)c1ccccc1. The van der Waals surface area contributed by atoms with Gasteiger partial charge in [0.15, 0.2) is 0 Å². The van der Waals surface area contributed by atoms with Crippen molar-refractivity contribution in [3.63, 3.8) is 0 Å². The number of unbranched alkanes of at least 4 members (excludes halogenated alkanes) is 1. The van der Waals surface area contributed by atoms with E-state index in [-0.39, 0.29) is 5.75 Å². The molecular weight excluding hydrogens is 262 g/mol. The minimum atomic E-state index is -1.57. The molecule has 0 aliphatic carbocycles. The van der Waals surface area contributed by atoms with E-state index in [2.05, 4.69) is 10.3 Å². The molecule has 0 saturated heterocycles. The van der Waals surface area contributed by atoms with Gasteiger partial charge in [0.2, 0.25) is 0 Å². The summed E-state index contributed by atoms with van der Waals surface area (Å²) in [6.45, 7) is 1.74. The number of carbonyl (C=O) groups excluding carboxylic acids is 1. The van der Waals surface area contributed by atoms with Crippen molar-refractivity contribution in [1.29, 1.82) is 0 Å². The first-order chi connectivity index (χ1) is 9.13. The van der Waals surface area contributed by atoms with Gasteiger partial charge < -0.3 is 8.95 Å². The Bertz CT molecular complexity index is 527. The number of carbonyl (C=O) groups is 1. The predicted molar refractivity (Wildman–Crippen MR) is 74.8 cm³/mol. The van der Waals surface area contributed by atoms with E-state index in [9.17, 15) is 9.00 Å². The Hall–Kier alpha value is -1.80. The summed E-state index contributed by atoms with van der Waals surface area (Å²) in [7, 11) is -1.57. The van der Waals surface area contributed by atoms with Crippen molar-refractivity contribution in [2.45, 2.75) is 25.9 Å². The Morgan fingerprint density at radius 1 is 1.47 bits per heavy atom. The molecule has 1 aromatic carbocycles. The van der Waals surface area contributed by atoms with E-state index in [1.165, 1.54) is 0 Å². The van der Waals surface area contributed by atoms with Crippen LogP contribution in [0.15, 0.2) is 34.7 Å². The maximum absolute atomic E-state index is 11.4. The summed E-state index contributed by atoms with van der Waals surface area (Å²) >= 11 is 0. The molecule has 0 aliphatic heterocycles. The second-order valence-electron chi connectivity index (χ2n) is 3.86. The van der Waals surface area contributed by atoms with Crippen LogP contribution in [0.1, 0.15) is 31.4 Å². The van der Waals surface area contributed by atoms with Crippen molar-refractivity contribution in [1.82, 2.24) is 0 Å². The number of hydrogen-bond donors (Lipinski definition) is 0. The molecule has 1 amide bonds. The lowest BCUT2D eigenvalue weighted by molar-refractivity contribution is 0.117. The lowest BCUT2D eigenvalue weighted by Crippen LogP contribution is -2.05. The van der Waals surface area contributed by atoms with Crippen LogP contribution < -0.4 is 0 Å². The van der Waals surface area contributed by atoms with Gasteiger partial charge in [0.1, 0.15) is 6.10 Å². The highest BCUT2D eigenvalue weighted by Gasteiger charge is 2.08. The average molecular weight is 278 g/mol. The van der Waals surface area contributed by atoms with Crippen molar-refractivity contribution in [2.24, 2.45) is 4.36 Å². The molecule has 5 heteroatoms. The highest BCUT2D eigenvalue weighted by Crippen LogP contribution is 2.16. The molecule has 0 N–H and O–H groups in total. The van der Waals surface area contributed by atoms with Crippen molar-refractivity contribution in [3.8, 4) is 12.3 Å². The standard InChI is InChI=1S/C14H16NO3S/c1-3-4-8-11-19(17)15-14(16)18-12(2)13-9-6-5-7-10-13/h1,5-7,9-10,12H,4,8,11H2,2H3/q-1/t12-/m0/s1. The lowest BCUT2D eigenvalue weighted by Gasteiger charge is -2.12. The number of benzene rings is 1. The fourth-order valence-electron chi connectivity index (χ4n) is 1.39. The van der Waals surface area contributed by atoms with Crippen LogP contribution in [0.3, 0.4) is 0 Å². The normalized spacial score (nSPS) is 13.5. The van der Waals surface area contributed by atoms with Gasteiger partial charge in [-0.15, -0.1) is 12.3 Å². The van der Waals surface area contributed by atoms with Gasteiger partial charge in [-0.3, -0.25) is 4.36 Å². The third-order valence-corrected chi connectivity index (χ3v) is 3.35. The number of terminal acetylenes is 1. The summed E-state index contributed by atoms with van der Waals surface area (Å²) in [5.74, 6) is 2.71. The van der Waals surface area contributed by atoms with Gasteiger partial charge in [0.05, 0.1) is 0 Å². The molecule has 1 atom stereocenters. The molecular formula is C14H16NO3S-. The number of rotatable bonds is 5. The molecule has 0 saturated carbocycles. The highest BCUT2D eigenvalue weighted by molar-refractivity contribution is 7.75. The molecule has 4 nitrogen and oxygen atoms in total. The molecule has 0 aliphatic rings. The fourth-order valence-corrected chi connectivity index (χ4v) is 2.08. The first-order valence-electron chi connectivity index (χ1n) is 5.92. The number of hydrogen-bond acceptors (Lipinski definition) is 4. The van der Waals surface area contributed by atoms with Crippen LogP contribution in [0.5, 0.6) is 0 Å². The summed E-state index contributed by atoms with van der Waals surface area (Å²) in [6, 6.07) is 9.29. The monoisotopic (exact) mass is 278 g/mol. The van der Waals surface area contributed by atoms with Crippen LogP contribution in [-0.4, -0.2) is 11.8 Å². The third-order valence-electron chi connectivity index (χ3n) is 2.36. The van der Waals surface area contributed by atoms with Crippen molar-refractivity contribution in [3.05, 3.63) is 35.9 Å². The van der Waals surface area contributed by atoms with Crippen LogP contribution in [0, 0.1) is 12.3 Å². The van der Waals surface area contributed by atoms with Crippen LogP contribution in [0.25, 0.3) is 0 Å². The highest BCUT2D eigenvalue weighted by atomic mass is 32.2. The van der Waals surface area contributed by atoms with E-state index in [1.54, 1.807) is 6.92 Å². The average Bonchev–Trinajstić information content (AvgIpc) is 2.39. The van der Waals surface area contributed by atoms with E-state index < -0.39 is 22.8 Å². The fraction of sp³-hybridized carbons (Fsp3) is 0.357. The molecule has 102 valence electrons. The summed E-state index contributed by atoms with van der Waals surface area (Å²) < 4.78 is 20.0. The van der Waals surface area contributed by atoms with Crippen molar-refractivity contribution in [2.75, 3.05) is 5.75 Å². The summed E-state index contributed by atoms with van der Waals surface area (Å²) in [4.78, 5) is 11.4. The zero-order chi connectivity index (χ0) is 14.1. The second-order valence-corrected chi connectivity index (χ2v) is 5.10. The Kier molecular flexibility index (Phi) is 6.69. The van der Waals surface area contributed by atoms with Crippen LogP contribution in [0.4, 0.5) is 4.79 Å². The summed E-state index contributed by atoms with van der Waals surface area (Å²) in [6.07, 6.45) is 4.95. The van der Waals surface area contributed by atoms with Crippen LogP contribution >= 0.6 is 0 Å². The Morgan fingerprint density at radius 2 is 2.16 bits per heavy atom. The van der Waals surface area contributed by atoms with Crippen molar-refractivity contribution >= 4 is 16.7 Å². The lowest BCUT2D eigenvalue weighted by atomic mass is 10.1. The van der Waals surface area contributed by atoms with E-state index in [1.807, 2.05) is 30.3 Å². The largest absolute Gasteiger partial charge is 0.444 e. The van der Waals surface area contributed by atoms with E-state index >= 15 is 0 Å². The zero-order valence-electron chi connectivity index (χ0n) is 10.7. The van der Waals surface area contributed by atoms with Gasteiger partial charge in [0, 0.05) is 6.42 Å². The molecule has 0 heterocycles. The van der Waals surface area contributed by atoms with Crippen LogP contribution in [0.2, 0.25) is 0 Å². The molecule has 0 spiro atoms. The number of nitrogens with zero attached hydrogens (tertiary/aromatic N) is 1. The molecule has 0 unspecified atom stereocenters. The Labute approximate surface area is 115 Å². The van der Waals surface area contributed by atoms with Gasteiger partial charge in [-0.1, -0.05) is 42.5 Å². The van der Waals surface area contributed by atoms with Gasteiger partial charge in [-0.05, 0) is 12.5 Å². The Balaban J connectivity index is 2.49. The van der Waals surface area contributed by atoms with Gasteiger partial charge >= 0.3 is 6.09 Å². The summed E-state index contributed by atoms with van der Waals surface area (Å²) in [5, 5.41) is 0. The quantitative estimate of drug-likeness (QED) is 0.471. The zero-order valence-corrected chi connectivity index (χ0v) is 11.6. The molecule has 0 aromatic heterocycles. The third kappa shape index (κ3) is 6.07. The van der Waals surface area contributed by atoms with Gasteiger partial charge in [-0.25, -0.2) is 4.79 Å². The van der Waals surface area contributed by atoms with E-state index in [0.717, 1.165) is 5.56 Å². The molecule has 1 rings (SSSR count). The van der Waals surface area contributed by atoms with Gasteiger partial charge in [0.25, 0.3) is 0 Å². The second kappa shape index (κ2) is 8.33. The number of ether oxygens (including phenoxy) is 1. The summed E-state index contributed by atoms with van der Waals surface area (Å²) in [5.41, 5.74) is 0.865. The number of amides is 1. The topological polar surface area (TPSA) is 55.7 Å². The van der Waals surface area contributed by atoms with Gasteiger partial charge in [-0.2, -0.15) is 10.6 Å². The predicted octanol–water partition coefficient (Wildman–Crippen LogP) is 3.45.